The molecule has 1 aromatic carbocycles. The Morgan fingerprint density at radius 1 is 1.47 bits per heavy atom. The van der Waals surface area contributed by atoms with Crippen molar-refractivity contribution >= 4 is 11.4 Å². The van der Waals surface area contributed by atoms with Crippen molar-refractivity contribution in [2.45, 2.75) is 13.5 Å². The van der Waals surface area contributed by atoms with Crippen LogP contribution >= 0.6 is 0 Å². The fourth-order valence-electron chi connectivity index (χ4n) is 1.73. The maximum atomic E-state index is 13.5. The molecule has 0 aliphatic rings. The summed E-state index contributed by atoms with van der Waals surface area (Å²) in [6.07, 6.45) is 5.34. The molecule has 0 radical (unpaired) electrons. The van der Waals surface area contributed by atoms with Crippen LogP contribution in [-0.2, 0) is 6.54 Å². The zero-order valence-electron chi connectivity index (χ0n) is 10.8. The minimum absolute atomic E-state index is 0.210. The number of anilines is 2. The normalized spacial score (nSPS) is 10.4. The van der Waals surface area contributed by atoms with Crippen molar-refractivity contribution in [2.24, 2.45) is 0 Å². The van der Waals surface area contributed by atoms with Gasteiger partial charge in [0.2, 0.25) is 0 Å². The van der Waals surface area contributed by atoms with Crippen LogP contribution in [-0.4, -0.2) is 22.7 Å². The molecule has 1 aromatic heterocycles. The second-order valence-corrected chi connectivity index (χ2v) is 4.03. The predicted octanol–water partition coefficient (Wildman–Crippen LogP) is 2.12. The fourth-order valence-corrected chi connectivity index (χ4v) is 1.73. The number of nitrogens with two attached hydrogens (primary N) is 1. The van der Waals surface area contributed by atoms with Crippen LogP contribution in [0.25, 0.3) is 0 Å². The van der Waals surface area contributed by atoms with E-state index in [1.54, 1.807) is 18.6 Å². The van der Waals surface area contributed by atoms with Crippen molar-refractivity contribution in [3.63, 3.8) is 0 Å². The molecular weight excluding hydrogens is 247 g/mol. The van der Waals surface area contributed by atoms with Crippen molar-refractivity contribution < 1.29 is 9.13 Å². The summed E-state index contributed by atoms with van der Waals surface area (Å²) in [6.45, 7) is 3.63. The van der Waals surface area contributed by atoms with Gasteiger partial charge in [-0.3, -0.25) is 0 Å². The maximum absolute atomic E-state index is 13.5. The summed E-state index contributed by atoms with van der Waals surface area (Å²) in [5, 5.41) is 3.16. The third kappa shape index (κ3) is 3.37. The number of benzene rings is 1. The number of nitrogen functional groups attached to an aromatic ring is 1. The Morgan fingerprint density at radius 3 is 3.00 bits per heavy atom. The molecule has 19 heavy (non-hydrogen) atoms. The molecule has 5 nitrogen and oxygen atoms in total. The van der Waals surface area contributed by atoms with Crippen molar-refractivity contribution in [3.05, 3.63) is 36.7 Å². The van der Waals surface area contributed by atoms with Gasteiger partial charge in [-0.2, -0.15) is 0 Å². The van der Waals surface area contributed by atoms with E-state index < -0.39 is 5.82 Å². The van der Waals surface area contributed by atoms with Crippen LogP contribution < -0.4 is 15.8 Å². The van der Waals surface area contributed by atoms with Gasteiger partial charge < -0.3 is 20.4 Å². The van der Waals surface area contributed by atoms with Gasteiger partial charge in [-0.1, -0.05) is 0 Å². The van der Waals surface area contributed by atoms with Crippen LogP contribution in [0.4, 0.5) is 15.8 Å². The van der Waals surface area contributed by atoms with Gasteiger partial charge in [-0.15, -0.1) is 0 Å². The molecule has 0 bridgehead atoms. The zero-order valence-corrected chi connectivity index (χ0v) is 10.8. The highest BCUT2D eigenvalue weighted by Crippen LogP contribution is 2.28. The Morgan fingerprint density at radius 2 is 2.32 bits per heavy atom. The van der Waals surface area contributed by atoms with Gasteiger partial charge in [0.1, 0.15) is 0 Å². The van der Waals surface area contributed by atoms with Gasteiger partial charge in [-0.25, -0.2) is 9.37 Å². The van der Waals surface area contributed by atoms with E-state index >= 15 is 0 Å². The van der Waals surface area contributed by atoms with E-state index in [-0.39, 0.29) is 5.75 Å². The predicted molar refractivity (Wildman–Crippen MR) is 72.7 cm³/mol. The lowest BCUT2D eigenvalue weighted by atomic mass is 10.2. The fraction of sp³-hybridized carbons (Fsp3) is 0.308. The van der Waals surface area contributed by atoms with E-state index in [2.05, 4.69) is 10.3 Å². The number of hydrogen-bond donors (Lipinski definition) is 2. The monoisotopic (exact) mass is 264 g/mol. The molecule has 0 spiro atoms. The second kappa shape index (κ2) is 6.08. The van der Waals surface area contributed by atoms with Crippen LogP contribution in [0.3, 0.4) is 0 Å². The first kappa shape index (κ1) is 13.2. The molecule has 0 aliphatic heterocycles. The topological polar surface area (TPSA) is 65.1 Å². The summed E-state index contributed by atoms with van der Waals surface area (Å²) < 4.78 is 20.7. The summed E-state index contributed by atoms with van der Waals surface area (Å²) in [4.78, 5) is 3.96. The van der Waals surface area contributed by atoms with Gasteiger partial charge in [-0.05, 0) is 6.92 Å². The van der Waals surface area contributed by atoms with E-state index in [1.807, 2.05) is 17.7 Å². The average Bonchev–Trinajstić information content (AvgIpc) is 2.88. The summed E-state index contributed by atoms with van der Waals surface area (Å²) in [7, 11) is 0. The molecule has 0 saturated heterocycles. The minimum atomic E-state index is -0.445. The molecule has 1 heterocycles. The van der Waals surface area contributed by atoms with E-state index in [0.717, 1.165) is 6.54 Å². The lowest BCUT2D eigenvalue weighted by Crippen LogP contribution is -2.11. The Kier molecular flexibility index (Phi) is 4.22. The SMILES string of the molecule is CCOc1cc(NCCn2ccnc2)c(N)cc1F. The number of halogens is 1. The van der Waals surface area contributed by atoms with Crippen molar-refractivity contribution in [1.82, 2.24) is 9.55 Å². The standard InChI is InChI=1S/C13H17FN4O/c1-2-19-13-8-12(11(15)7-10(13)14)17-4-6-18-5-3-16-9-18/h3,5,7-9,17H,2,4,6,15H2,1H3. The minimum Gasteiger partial charge on any atom is -0.491 e. The number of ether oxygens (including phenoxy) is 1. The molecule has 2 rings (SSSR count). The summed E-state index contributed by atoms with van der Waals surface area (Å²) in [5.74, 6) is -0.235. The molecule has 0 amide bonds. The molecule has 0 atom stereocenters. The second-order valence-electron chi connectivity index (χ2n) is 4.03. The van der Waals surface area contributed by atoms with Gasteiger partial charge in [0.15, 0.2) is 11.6 Å². The van der Waals surface area contributed by atoms with Crippen LogP contribution in [0.1, 0.15) is 6.92 Å². The first-order chi connectivity index (χ1) is 9.20. The zero-order chi connectivity index (χ0) is 13.7. The van der Waals surface area contributed by atoms with Crippen LogP contribution in [0.5, 0.6) is 5.75 Å². The number of imidazole rings is 1. The highest BCUT2D eigenvalue weighted by atomic mass is 19.1. The van der Waals surface area contributed by atoms with Crippen LogP contribution in [0.15, 0.2) is 30.9 Å². The summed E-state index contributed by atoms with van der Waals surface area (Å²) in [5.41, 5.74) is 6.81. The summed E-state index contributed by atoms with van der Waals surface area (Å²) >= 11 is 0. The molecule has 102 valence electrons. The Hall–Kier alpha value is -2.24. The number of hydrogen-bond acceptors (Lipinski definition) is 4. The highest BCUT2D eigenvalue weighted by molar-refractivity contribution is 5.68. The van der Waals surface area contributed by atoms with E-state index in [0.29, 0.717) is 24.5 Å². The molecule has 3 N–H and O–H groups in total. The van der Waals surface area contributed by atoms with E-state index in [4.69, 9.17) is 10.5 Å². The molecular formula is C13H17FN4O. The Labute approximate surface area is 111 Å². The molecule has 2 aromatic rings. The maximum Gasteiger partial charge on any atom is 0.167 e. The van der Waals surface area contributed by atoms with Crippen molar-refractivity contribution in [3.8, 4) is 5.75 Å². The molecule has 6 heteroatoms. The molecule has 0 fully saturated rings. The number of rotatable bonds is 6. The first-order valence-corrected chi connectivity index (χ1v) is 6.12. The largest absolute Gasteiger partial charge is 0.491 e. The number of nitrogens with zero attached hydrogens (tertiary/aromatic N) is 2. The van der Waals surface area contributed by atoms with E-state index in [1.165, 1.54) is 6.07 Å². The first-order valence-electron chi connectivity index (χ1n) is 6.12. The van der Waals surface area contributed by atoms with Gasteiger partial charge in [0.25, 0.3) is 0 Å². The van der Waals surface area contributed by atoms with Gasteiger partial charge >= 0.3 is 0 Å². The molecule has 0 unspecified atom stereocenters. The third-order valence-corrected chi connectivity index (χ3v) is 2.65. The smallest absolute Gasteiger partial charge is 0.167 e. The number of nitrogens with one attached hydrogen (secondary N) is 1. The van der Waals surface area contributed by atoms with Gasteiger partial charge in [0, 0.05) is 37.6 Å². The lowest BCUT2D eigenvalue weighted by Gasteiger charge is -2.12. The third-order valence-electron chi connectivity index (χ3n) is 2.65. The molecule has 0 aliphatic carbocycles. The Balaban J connectivity index is 2.00. The van der Waals surface area contributed by atoms with Crippen LogP contribution in [0.2, 0.25) is 0 Å². The molecule has 0 saturated carbocycles. The van der Waals surface area contributed by atoms with Crippen molar-refractivity contribution in [2.75, 3.05) is 24.2 Å². The van der Waals surface area contributed by atoms with Crippen LogP contribution in [0, 0.1) is 5.82 Å². The van der Waals surface area contributed by atoms with Gasteiger partial charge in [0.05, 0.1) is 24.3 Å². The highest BCUT2D eigenvalue weighted by Gasteiger charge is 2.08. The average molecular weight is 264 g/mol. The Bertz CT molecular complexity index is 528. The van der Waals surface area contributed by atoms with Crippen molar-refractivity contribution in [1.29, 1.82) is 0 Å². The number of aromatic nitrogens is 2. The summed E-state index contributed by atoms with van der Waals surface area (Å²) in [6, 6.07) is 2.85. The quantitative estimate of drug-likeness (QED) is 0.784. The lowest BCUT2D eigenvalue weighted by molar-refractivity contribution is 0.322. The van der Waals surface area contributed by atoms with E-state index in [9.17, 15) is 4.39 Å².